The molecule has 4 heteroatoms. The van der Waals surface area contributed by atoms with E-state index in [1.165, 1.54) is 16.7 Å². The number of aromatic nitrogens is 2. The fraction of sp³-hybridized carbons (Fsp3) is 0.160. The van der Waals surface area contributed by atoms with Crippen molar-refractivity contribution in [2.45, 2.75) is 20.3 Å². The molecule has 1 aliphatic rings. The van der Waals surface area contributed by atoms with Crippen LogP contribution >= 0.6 is 11.6 Å². The maximum Gasteiger partial charge on any atom is 0.129 e. The Labute approximate surface area is 175 Å². The van der Waals surface area contributed by atoms with Crippen LogP contribution in [0.25, 0.3) is 28.2 Å². The highest BCUT2D eigenvalue weighted by Crippen LogP contribution is 2.41. The molecule has 2 heterocycles. The number of hydrogen-bond donors (Lipinski definition) is 0. The van der Waals surface area contributed by atoms with Gasteiger partial charge in [-0.3, -0.25) is 0 Å². The molecule has 1 aliphatic heterocycles. The van der Waals surface area contributed by atoms with Gasteiger partial charge in [0.1, 0.15) is 11.4 Å². The second kappa shape index (κ2) is 7.09. The summed E-state index contributed by atoms with van der Waals surface area (Å²) in [5.41, 5.74) is 8.96. The Kier molecular flexibility index (Phi) is 4.40. The van der Waals surface area contributed by atoms with Gasteiger partial charge in [-0.1, -0.05) is 41.9 Å². The zero-order chi connectivity index (χ0) is 20.0. The molecule has 5 rings (SSSR count). The standard InChI is InChI=1S/C25H21ClN2O/c1-16-14-22-23(15-17(16)2)29-13-12-21-24(22)27-28(20-6-4-3-5-7-20)25(21)18-8-10-19(26)11-9-18/h3-11,14-15H,12-13H2,1-2H3. The van der Waals surface area contributed by atoms with Crippen molar-refractivity contribution in [3.8, 4) is 34.0 Å². The second-order valence-electron chi connectivity index (χ2n) is 7.46. The number of hydrogen-bond acceptors (Lipinski definition) is 2. The monoisotopic (exact) mass is 400 g/mol. The quantitative estimate of drug-likeness (QED) is 0.388. The summed E-state index contributed by atoms with van der Waals surface area (Å²) in [4.78, 5) is 0. The van der Waals surface area contributed by atoms with Gasteiger partial charge in [-0.2, -0.15) is 5.10 Å². The topological polar surface area (TPSA) is 27.1 Å². The van der Waals surface area contributed by atoms with Crippen LogP contribution in [0.1, 0.15) is 16.7 Å². The SMILES string of the molecule is Cc1cc2c(cc1C)-c1nn(-c3ccccc3)c(-c3ccc(Cl)cc3)c1CCO2. The first-order chi connectivity index (χ1) is 14.1. The van der Waals surface area contributed by atoms with Gasteiger partial charge in [-0.05, 0) is 61.4 Å². The Morgan fingerprint density at radius 1 is 0.931 bits per heavy atom. The Morgan fingerprint density at radius 2 is 1.66 bits per heavy atom. The highest BCUT2D eigenvalue weighted by atomic mass is 35.5. The van der Waals surface area contributed by atoms with Gasteiger partial charge in [0.05, 0.1) is 18.0 Å². The predicted octanol–water partition coefficient (Wildman–Crippen LogP) is 6.41. The molecule has 0 N–H and O–H groups in total. The third-order valence-electron chi connectivity index (χ3n) is 5.56. The van der Waals surface area contributed by atoms with Crippen molar-refractivity contribution >= 4 is 11.6 Å². The fourth-order valence-corrected chi connectivity index (χ4v) is 4.05. The summed E-state index contributed by atoms with van der Waals surface area (Å²) in [5.74, 6) is 0.909. The summed E-state index contributed by atoms with van der Waals surface area (Å²) in [5, 5.41) is 5.82. The molecule has 0 saturated heterocycles. The molecule has 0 fully saturated rings. The van der Waals surface area contributed by atoms with Gasteiger partial charge in [0.25, 0.3) is 0 Å². The van der Waals surface area contributed by atoms with Crippen molar-refractivity contribution < 1.29 is 4.74 Å². The van der Waals surface area contributed by atoms with Gasteiger partial charge in [-0.15, -0.1) is 0 Å². The van der Waals surface area contributed by atoms with Crippen LogP contribution in [0, 0.1) is 13.8 Å². The molecule has 144 valence electrons. The van der Waals surface area contributed by atoms with Crippen LogP contribution in [0.2, 0.25) is 5.02 Å². The highest BCUT2D eigenvalue weighted by molar-refractivity contribution is 6.30. The smallest absolute Gasteiger partial charge is 0.129 e. The van der Waals surface area contributed by atoms with Crippen LogP contribution in [0.3, 0.4) is 0 Å². The number of fused-ring (bicyclic) bond motifs is 3. The molecule has 0 saturated carbocycles. The van der Waals surface area contributed by atoms with Crippen LogP contribution in [0.5, 0.6) is 5.75 Å². The minimum absolute atomic E-state index is 0.629. The highest BCUT2D eigenvalue weighted by Gasteiger charge is 2.26. The first-order valence-electron chi connectivity index (χ1n) is 9.79. The molecule has 0 aliphatic carbocycles. The normalized spacial score (nSPS) is 12.7. The summed E-state index contributed by atoms with van der Waals surface area (Å²) in [6.07, 6.45) is 0.799. The van der Waals surface area contributed by atoms with Crippen molar-refractivity contribution in [3.63, 3.8) is 0 Å². The van der Waals surface area contributed by atoms with Crippen molar-refractivity contribution in [1.29, 1.82) is 0 Å². The number of para-hydroxylation sites is 1. The van der Waals surface area contributed by atoms with Gasteiger partial charge in [0, 0.05) is 28.1 Å². The summed E-state index contributed by atoms with van der Waals surface area (Å²) in [7, 11) is 0. The van der Waals surface area contributed by atoms with Crippen LogP contribution in [0.15, 0.2) is 66.7 Å². The maximum absolute atomic E-state index is 6.16. The van der Waals surface area contributed by atoms with Gasteiger partial charge in [-0.25, -0.2) is 4.68 Å². The first kappa shape index (κ1) is 18.0. The molecule has 3 nitrogen and oxygen atoms in total. The summed E-state index contributed by atoms with van der Waals surface area (Å²) in [6, 6.07) is 22.6. The van der Waals surface area contributed by atoms with Crippen molar-refractivity contribution in [2.24, 2.45) is 0 Å². The molecule has 0 amide bonds. The Hall–Kier alpha value is -3.04. The maximum atomic E-state index is 6.16. The van der Waals surface area contributed by atoms with Crippen LogP contribution in [0.4, 0.5) is 0 Å². The van der Waals surface area contributed by atoms with Crippen LogP contribution in [-0.2, 0) is 6.42 Å². The average Bonchev–Trinajstić information content (AvgIpc) is 3.02. The van der Waals surface area contributed by atoms with Crippen LogP contribution < -0.4 is 4.74 Å². The Morgan fingerprint density at radius 3 is 2.41 bits per heavy atom. The molecule has 4 aromatic rings. The molecular weight excluding hydrogens is 380 g/mol. The number of halogens is 1. The first-order valence-corrected chi connectivity index (χ1v) is 10.2. The molecule has 3 aromatic carbocycles. The molecule has 1 aromatic heterocycles. The molecule has 29 heavy (non-hydrogen) atoms. The minimum Gasteiger partial charge on any atom is -0.493 e. The third-order valence-corrected chi connectivity index (χ3v) is 5.81. The van der Waals surface area contributed by atoms with E-state index in [4.69, 9.17) is 21.4 Å². The van der Waals surface area contributed by atoms with E-state index in [1.807, 2.05) is 30.3 Å². The van der Waals surface area contributed by atoms with E-state index in [9.17, 15) is 0 Å². The van der Waals surface area contributed by atoms with E-state index < -0.39 is 0 Å². The van der Waals surface area contributed by atoms with E-state index >= 15 is 0 Å². The summed E-state index contributed by atoms with van der Waals surface area (Å²) < 4.78 is 8.16. The van der Waals surface area contributed by atoms with E-state index in [0.717, 1.165) is 45.4 Å². The molecular formula is C25H21ClN2O. The average molecular weight is 401 g/mol. The zero-order valence-electron chi connectivity index (χ0n) is 16.4. The Balaban J connectivity index is 1.82. The van der Waals surface area contributed by atoms with E-state index in [0.29, 0.717) is 6.61 Å². The lowest BCUT2D eigenvalue weighted by atomic mass is 9.97. The van der Waals surface area contributed by atoms with E-state index in [2.05, 4.69) is 54.9 Å². The molecule has 0 spiro atoms. The number of aryl methyl sites for hydroxylation is 2. The molecule has 0 unspecified atom stereocenters. The largest absolute Gasteiger partial charge is 0.493 e. The minimum atomic E-state index is 0.629. The van der Waals surface area contributed by atoms with Gasteiger partial charge in [0.15, 0.2) is 0 Å². The molecule has 0 radical (unpaired) electrons. The number of benzene rings is 3. The number of ether oxygens (including phenoxy) is 1. The zero-order valence-corrected chi connectivity index (χ0v) is 17.2. The van der Waals surface area contributed by atoms with Crippen molar-refractivity contribution in [1.82, 2.24) is 9.78 Å². The van der Waals surface area contributed by atoms with Gasteiger partial charge >= 0.3 is 0 Å². The molecule has 0 bridgehead atoms. The summed E-state index contributed by atoms with van der Waals surface area (Å²) >= 11 is 6.16. The van der Waals surface area contributed by atoms with Gasteiger partial charge in [0.2, 0.25) is 0 Å². The predicted molar refractivity (Wildman–Crippen MR) is 118 cm³/mol. The number of rotatable bonds is 2. The lowest BCUT2D eigenvalue weighted by Crippen LogP contribution is -2.03. The summed E-state index contributed by atoms with van der Waals surface area (Å²) in [6.45, 7) is 4.88. The molecule has 0 atom stereocenters. The van der Waals surface area contributed by atoms with E-state index in [1.54, 1.807) is 0 Å². The lowest BCUT2D eigenvalue weighted by molar-refractivity contribution is 0.326. The van der Waals surface area contributed by atoms with E-state index in [-0.39, 0.29) is 0 Å². The Bertz CT molecular complexity index is 1190. The van der Waals surface area contributed by atoms with Crippen molar-refractivity contribution in [2.75, 3.05) is 6.61 Å². The lowest BCUT2D eigenvalue weighted by Gasteiger charge is -2.11. The van der Waals surface area contributed by atoms with Crippen molar-refractivity contribution in [3.05, 3.63) is 88.4 Å². The van der Waals surface area contributed by atoms with Gasteiger partial charge < -0.3 is 4.74 Å². The van der Waals surface area contributed by atoms with Crippen LogP contribution in [-0.4, -0.2) is 16.4 Å². The number of nitrogens with zero attached hydrogens (tertiary/aromatic N) is 2. The fourth-order valence-electron chi connectivity index (χ4n) is 3.92. The second-order valence-corrected chi connectivity index (χ2v) is 7.90. The third kappa shape index (κ3) is 3.12.